The number of aliphatic hydroxyl groups excluding tert-OH is 3. The van der Waals surface area contributed by atoms with Crippen LogP contribution in [0.25, 0.3) is 10.9 Å². The summed E-state index contributed by atoms with van der Waals surface area (Å²) in [7, 11) is 0. The average molecular weight is 450 g/mol. The molecule has 8 nitrogen and oxygen atoms in total. The molecule has 26 heavy (non-hydrogen) atoms. The summed E-state index contributed by atoms with van der Waals surface area (Å²) in [6.45, 7) is 0.749. The highest BCUT2D eigenvalue weighted by molar-refractivity contribution is 9.10. The molecule has 5 atom stereocenters. The Labute approximate surface area is 162 Å². The third kappa shape index (κ3) is 3.55. The molecule has 0 saturated carbocycles. The van der Waals surface area contributed by atoms with E-state index in [4.69, 9.17) is 21.1 Å². The molecule has 1 amide bonds. The zero-order chi connectivity index (χ0) is 19.0. The molecule has 5 N–H and O–H groups in total. The number of benzene rings is 1. The Kier molecular flexibility index (Phi) is 5.75. The standard InChI is InChI=1S/C16H18BrClN2O6/c1-6(22)20-13-15(24)14(23)10(5-21)26-16(13)25-9-4-19-8-3-2-7(17)12(18)11(8)9/h2-4,10,13-16,19,21,23-24H,5H2,1H3,(H,20,22)/t10-,13+,14+,15-,16+/m0/s1. The maximum atomic E-state index is 11.5. The monoisotopic (exact) mass is 448 g/mol. The Bertz CT molecular complexity index is 815. The number of aromatic amines is 1. The molecule has 1 aliphatic heterocycles. The predicted molar refractivity (Wildman–Crippen MR) is 97.0 cm³/mol. The minimum atomic E-state index is -1.39. The van der Waals surface area contributed by atoms with Crippen LogP contribution in [0.2, 0.25) is 5.02 Å². The van der Waals surface area contributed by atoms with Crippen molar-refractivity contribution in [3.63, 3.8) is 0 Å². The van der Waals surface area contributed by atoms with Crippen LogP contribution in [0.1, 0.15) is 6.92 Å². The van der Waals surface area contributed by atoms with E-state index in [1.54, 1.807) is 18.3 Å². The largest absolute Gasteiger partial charge is 0.460 e. The fraction of sp³-hybridized carbons (Fsp3) is 0.438. The number of H-pyrrole nitrogens is 1. The summed E-state index contributed by atoms with van der Waals surface area (Å²) in [6.07, 6.45) is -3.40. The van der Waals surface area contributed by atoms with E-state index < -0.39 is 43.2 Å². The van der Waals surface area contributed by atoms with Gasteiger partial charge in [-0.25, -0.2) is 0 Å². The van der Waals surface area contributed by atoms with Crippen LogP contribution >= 0.6 is 27.5 Å². The molecule has 1 aromatic carbocycles. The van der Waals surface area contributed by atoms with E-state index in [1.807, 2.05) is 0 Å². The maximum absolute atomic E-state index is 11.5. The molecule has 0 spiro atoms. The third-order valence-corrected chi connectivity index (χ3v) is 5.48. The molecule has 1 fully saturated rings. The molecular formula is C16H18BrClN2O6. The molecule has 0 aliphatic carbocycles. The number of carbonyl (C=O) groups excluding carboxylic acids is 1. The van der Waals surface area contributed by atoms with E-state index >= 15 is 0 Å². The molecule has 0 radical (unpaired) electrons. The normalized spacial score (nSPS) is 28.9. The second-order valence-corrected chi connectivity index (χ2v) is 7.22. The van der Waals surface area contributed by atoms with Crippen LogP contribution in [0.3, 0.4) is 0 Å². The van der Waals surface area contributed by atoms with E-state index in [-0.39, 0.29) is 0 Å². The van der Waals surface area contributed by atoms with Crippen LogP contribution in [0.5, 0.6) is 5.75 Å². The average Bonchev–Trinajstić information content (AvgIpc) is 3.01. The highest BCUT2D eigenvalue weighted by atomic mass is 79.9. The van der Waals surface area contributed by atoms with Gasteiger partial charge in [0.2, 0.25) is 12.2 Å². The minimum Gasteiger partial charge on any atom is -0.460 e. The number of halogens is 2. The van der Waals surface area contributed by atoms with Gasteiger partial charge in [0.25, 0.3) is 0 Å². The van der Waals surface area contributed by atoms with Crippen molar-refractivity contribution in [2.75, 3.05) is 6.61 Å². The third-order valence-electron chi connectivity index (χ3n) is 4.19. The van der Waals surface area contributed by atoms with Gasteiger partial charge in [0, 0.05) is 17.6 Å². The molecule has 1 aliphatic rings. The van der Waals surface area contributed by atoms with Crippen molar-refractivity contribution in [2.45, 2.75) is 37.6 Å². The molecule has 142 valence electrons. The molecular weight excluding hydrogens is 432 g/mol. The number of nitrogens with one attached hydrogen (secondary N) is 2. The summed E-state index contributed by atoms with van der Waals surface area (Å²) in [5, 5.41) is 33.3. The van der Waals surface area contributed by atoms with E-state index in [9.17, 15) is 20.1 Å². The van der Waals surface area contributed by atoms with Gasteiger partial charge in [0.15, 0.2) is 0 Å². The van der Waals surface area contributed by atoms with E-state index in [2.05, 4.69) is 26.2 Å². The van der Waals surface area contributed by atoms with Gasteiger partial charge in [0.05, 0.1) is 22.5 Å². The summed E-state index contributed by atoms with van der Waals surface area (Å²) >= 11 is 9.68. The maximum Gasteiger partial charge on any atom is 0.223 e. The number of hydrogen-bond acceptors (Lipinski definition) is 6. The molecule has 1 saturated heterocycles. The van der Waals surface area contributed by atoms with Crippen molar-refractivity contribution < 1.29 is 29.6 Å². The molecule has 3 rings (SSSR count). The van der Waals surface area contributed by atoms with Gasteiger partial charge < -0.3 is 35.1 Å². The van der Waals surface area contributed by atoms with Gasteiger partial charge in [-0.2, -0.15) is 0 Å². The smallest absolute Gasteiger partial charge is 0.223 e. The van der Waals surface area contributed by atoms with Gasteiger partial charge >= 0.3 is 0 Å². The first-order valence-electron chi connectivity index (χ1n) is 7.84. The van der Waals surface area contributed by atoms with Crippen LogP contribution in [0.15, 0.2) is 22.8 Å². The van der Waals surface area contributed by atoms with Crippen molar-refractivity contribution in [1.82, 2.24) is 10.3 Å². The van der Waals surface area contributed by atoms with Crippen LogP contribution in [-0.2, 0) is 9.53 Å². The molecule has 2 heterocycles. The van der Waals surface area contributed by atoms with Crippen molar-refractivity contribution in [3.8, 4) is 5.75 Å². The fourth-order valence-corrected chi connectivity index (χ4v) is 3.50. The summed E-state index contributed by atoms with van der Waals surface area (Å²) < 4.78 is 12.1. The number of fused-ring (bicyclic) bond motifs is 1. The zero-order valence-corrected chi connectivity index (χ0v) is 16.0. The quantitative estimate of drug-likeness (QED) is 0.473. The lowest BCUT2D eigenvalue weighted by atomic mass is 9.97. The van der Waals surface area contributed by atoms with Crippen molar-refractivity contribution >= 4 is 44.3 Å². The van der Waals surface area contributed by atoms with E-state index in [1.165, 1.54) is 6.92 Å². The number of aromatic nitrogens is 1. The van der Waals surface area contributed by atoms with E-state index in [0.29, 0.717) is 20.6 Å². The highest BCUT2D eigenvalue weighted by Gasteiger charge is 2.46. The number of ether oxygens (including phenoxy) is 2. The van der Waals surface area contributed by atoms with Gasteiger partial charge in [-0.3, -0.25) is 4.79 Å². The lowest BCUT2D eigenvalue weighted by molar-refractivity contribution is -0.244. The number of aliphatic hydroxyl groups is 3. The van der Waals surface area contributed by atoms with Crippen LogP contribution in [-0.4, -0.2) is 63.5 Å². The summed E-state index contributed by atoms with van der Waals surface area (Å²) in [5.41, 5.74) is 0.722. The number of amides is 1. The van der Waals surface area contributed by atoms with Crippen LogP contribution < -0.4 is 10.1 Å². The van der Waals surface area contributed by atoms with Crippen molar-refractivity contribution in [2.24, 2.45) is 0 Å². The molecule has 0 unspecified atom stereocenters. The molecule has 1 aromatic heterocycles. The number of hydrogen-bond donors (Lipinski definition) is 5. The predicted octanol–water partition coefficient (Wildman–Crippen LogP) is 0.906. The topological polar surface area (TPSA) is 124 Å². The van der Waals surface area contributed by atoms with Crippen LogP contribution in [0.4, 0.5) is 0 Å². The Morgan fingerprint density at radius 1 is 1.42 bits per heavy atom. The lowest BCUT2D eigenvalue weighted by Gasteiger charge is -2.41. The Hall–Kier alpha value is -1.36. The molecule has 0 bridgehead atoms. The van der Waals surface area contributed by atoms with Gasteiger partial charge in [-0.1, -0.05) is 11.6 Å². The zero-order valence-electron chi connectivity index (χ0n) is 13.6. The fourth-order valence-electron chi connectivity index (χ4n) is 2.92. The summed E-state index contributed by atoms with van der Waals surface area (Å²) in [6, 6.07) is 2.55. The SMILES string of the molecule is CC(=O)N[C@H]1[C@H](Oc2c[nH]c3ccc(Br)c(Cl)c23)O[C@@H](CO)[C@@H](O)[C@H]1O. The number of carbonyl (C=O) groups is 1. The first-order valence-corrected chi connectivity index (χ1v) is 9.02. The Morgan fingerprint density at radius 3 is 2.81 bits per heavy atom. The van der Waals surface area contributed by atoms with Gasteiger partial charge in [0.1, 0.15) is 30.1 Å². The Morgan fingerprint density at radius 2 is 2.15 bits per heavy atom. The van der Waals surface area contributed by atoms with Crippen molar-refractivity contribution in [3.05, 3.63) is 27.8 Å². The van der Waals surface area contributed by atoms with Gasteiger partial charge in [-0.15, -0.1) is 0 Å². The summed E-state index contributed by atoms with van der Waals surface area (Å²) in [5.74, 6) is -0.0902. The molecule has 10 heteroatoms. The van der Waals surface area contributed by atoms with Crippen molar-refractivity contribution in [1.29, 1.82) is 0 Å². The lowest BCUT2D eigenvalue weighted by Crippen LogP contribution is -2.65. The van der Waals surface area contributed by atoms with Gasteiger partial charge in [-0.05, 0) is 28.1 Å². The number of rotatable bonds is 4. The second-order valence-electron chi connectivity index (χ2n) is 5.99. The first kappa shape index (κ1) is 19.4. The minimum absolute atomic E-state index is 0.340. The molecule has 2 aromatic rings. The highest BCUT2D eigenvalue weighted by Crippen LogP contribution is 2.38. The second kappa shape index (κ2) is 7.71. The van der Waals surface area contributed by atoms with E-state index in [0.717, 1.165) is 5.52 Å². The first-order chi connectivity index (χ1) is 12.3. The van der Waals surface area contributed by atoms with Crippen LogP contribution in [0, 0.1) is 0 Å². The summed E-state index contributed by atoms with van der Waals surface area (Å²) in [4.78, 5) is 14.5. The Balaban J connectivity index is 1.95.